The van der Waals surface area contributed by atoms with Gasteiger partial charge in [-0.3, -0.25) is 9.78 Å². The van der Waals surface area contributed by atoms with Crippen LogP contribution in [-0.2, 0) is 16.4 Å². The molecule has 0 aromatic carbocycles. The highest BCUT2D eigenvalue weighted by atomic mass is 19.4. The van der Waals surface area contributed by atoms with Crippen molar-refractivity contribution in [2.75, 3.05) is 0 Å². The Bertz CT molecular complexity index is 435. The molecule has 1 aliphatic rings. The van der Waals surface area contributed by atoms with Crippen molar-refractivity contribution in [3.8, 4) is 0 Å². The van der Waals surface area contributed by atoms with Crippen LogP contribution in [0.2, 0.25) is 0 Å². The molecule has 1 N–H and O–H groups in total. The smallest absolute Gasteiger partial charge is 0.433 e. The van der Waals surface area contributed by atoms with Gasteiger partial charge in [0, 0.05) is 11.6 Å². The molecule has 1 aromatic heterocycles. The maximum absolute atomic E-state index is 12.3. The molecule has 1 saturated carbocycles. The first kappa shape index (κ1) is 11.9. The number of hydrogen-bond acceptors (Lipinski definition) is 2. The van der Waals surface area contributed by atoms with Crippen LogP contribution < -0.4 is 0 Å². The zero-order valence-electron chi connectivity index (χ0n) is 8.79. The number of pyridine rings is 1. The quantitative estimate of drug-likeness (QED) is 0.890. The van der Waals surface area contributed by atoms with Gasteiger partial charge in [-0.1, -0.05) is 6.07 Å². The van der Waals surface area contributed by atoms with Crippen molar-refractivity contribution in [1.82, 2.24) is 4.98 Å². The average molecular weight is 245 g/mol. The topological polar surface area (TPSA) is 50.2 Å². The monoisotopic (exact) mass is 245 g/mol. The van der Waals surface area contributed by atoms with Crippen LogP contribution in [0.1, 0.15) is 30.5 Å². The molecule has 1 aliphatic carbocycles. The number of aliphatic carboxylic acids is 1. The van der Waals surface area contributed by atoms with Crippen LogP contribution in [0.3, 0.4) is 0 Å². The SMILES string of the molecule is O=C(O)CC1(c2ccc(C(F)(F)F)nc2)CC1. The number of halogens is 3. The Labute approximate surface area is 95.3 Å². The van der Waals surface area contributed by atoms with Gasteiger partial charge >= 0.3 is 12.1 Å². The molecule has 0 unspecified atom stereocenters. The van der Waals surface area contributed by atoms with Gasteiger partial charge in [-0.15, -0.1) is 0 Å². The second kappa shape index (κ2) is 3.72. The molecule has 0 saturated heterocycles. The van der Waals surface area contributed by atoms with Gasteiger partial charge in [-0.25, -0.2) is 0 Å². The minimum absolute atomic E-state index is 0.0555. The molecular weight excluding hydrogens is 235 g/mol. The van der Waals surface area contributed by atoms with Crippen LogP contribution in [-0.4, -0.2) is 16.1 Å². The Balaban J connectivity index is 2.22. The van der Waals surface area contributed by atoms with Crippen LogP contribution in [0.4, 0.5) is 13.2 Å². The van der Waals surface area contributed by atoms with Crippen LogP contribution in [0.25, 0.3) is 0 Å². The molecule has 1 aromatic rings. The number of rotatable bonds is 3. The minimum atomic E-state index is -4.46. The second-order valence-corrected chi connectivity index (χ2v) is 4.28. The number of carbonyl (C=O) groups is 1. The summed E-state index contributed by atoms with van der Waals surface area (Å²) in [5.41, 5.74) is -0.872. The standard InChI is InChI=1S/C11H10F3NO2/c12-11(13,14)8-2-1-7(6-15-8)10(3-4-10)5-9(16)17/h1-2,6H,3-5H2,(H,16,17). The van der Waals surface area contributed by atoms with Gasteiger partial charge in [0.05, 0.1) is 6.42 Å². The van der Waals surface area contributed by atoms with E-state index in [1.54, 1.807) is 0 Å². The second-order valence-electron chi connectivity index (χ2n) is 4.28. The van der Waals surface area contributed by atoms with E-state index >= 15 is 0 Å². The predicted molar refractivity (Wildman–Crippen MR) is 52.4 cm³/mol. The van der Waals surface area contributed by atoms with Gasteiger partial charge < -0.3 is 5.11 Å². The lowest BCUT2D eigenvalue weighted by Gasteiger charge is -2.13. The minimum Gasteiger partial charge on any atom is -0.481 e. The van der Waals surface area contributed by atoms with E-state index in [1.807, 2.05) is 0 Å². The summed E-state index contributed by atoms with van der Waals surface area (Å²) in [6.45, 7) is 0. The van der Waals surface area contributed by atoms with Crippen molar-refractivity contribution in [3.05, 3.63) is 29.6 Å². The molecule has 2 rings (SSSR count). The van der Waals surface area contributed by atoms with E-state index in [1.165, 1.54) is 6.07 Å². The van der Waals surface area contributed by atoms with Gasteiger partial charge in [0.1, 0.15) is 5.69 Å². The third-order valence-electron chi connectivity index (χ3n) is 3.01. The molecule has 1 heterocycles. The molecule has 0 radical (unpaired) electrons. The van der Waals surface area contributed by atoms with Crippen molar-refractivity contribution >= 4 is 5.97 Å². The normalized spacial score (nSPS) is 17.8. The summed E-state index contributed by atoms with van der Waals surface area (Å²) in [5.74, 6) is -0.942. The van der Waals surface area contributed by atoms with Gasteiger partial charge in [-0.05, 0) is 24.5 Å². The molecule has 92 valence electrons. The maximum Gasteiger partial charge on any atom is 0.433 e. The van der Waals surface area contributed by atoms with Crippen LogP contribution in [0.15, 0.2) is 18.3 Å². The fourth-order valence-corrected chi connectivity index (χ4v) is 1.88. The largest absolute Gasteiger partial charge is 0.481 e. The first-order chi connectivity index (χ1) is 7.83. The molecule has 1 fully saturated rings. The van der Waals surface area contributed by atoms with E-state index in [0.29, 0.717) is 18.4 Å². The molecule has 17 heavy (non-hydrogen) atoms. The van der Waals surface area contributed by atoms with Crippen LogP contribution in [0.5, 0.6) is 0 Å². The lowest BCUT2D eigenvalue weighted by Crippen LogP contribution is -2.14. The van der Waals surface area contributed by atoms with Gasteiger partial charge in [-0.2, -0.15) is 13.2 Å². The zero-order valence-corrected chi connectivity index (χ0v) is 8.79. The van der Waals surface area contributed by atoms with Gasteiger partial charge in [0.25, 0.3) is 0 Å². The zero-order chi connectivity index (χ0) is 12.7. The highest BCUT2D eigenvalue weighted by Gasteiger charge is 2.46. The first-order valence-corrected chi connectivity index (χ1v) is 5.09. The number of hydrogen-bond donors (Lipinski definition) is 1. The van der Waals surface area contributed by atoms with E-state index in [0.717, 1.165) is 12.3 Å². The lowest BCUT2D eigenvalue weighted by atomic mass is 9.94. The van der Waals surface area contributed by atoms with E-state index in [-0.39, 0.29) is 6.42 Å². The van der Waals surface area contributed by atoms with Crippen molar-refractivity contribution in [1.29, 1.82) is 0 Å². The molecule has 0 spiro atoms. The number of aromatic nitrogens is 1. The molecule has 3 nitrogen and oxygen atoms in total. The fourth-order valence-electron chi connectivity index (χ4n) is 1.88. The molecule has 0 amide bonds. The highest BCUT2D eigenvalue weighted by Crippen LogP contribution is 2.51. The van der Waals surface area contributed by atoms with Crippen LogP contribution in [0, 0.1) is 0 Å². The summed E-state index contributed by atoms with van der Waals surface area (Å²) in [6, 6.07) is 2.23. The van der Waals surface area contributed by atoms with E-state index < -0.39 is 23.3 Å². The summed E-state index contributed by atoms with van der Waals surface area (Å²) in [4.78, 5) is 14.0. The van der Waals surface area contributed by atoms with Gasteiger partial charge in [0.2, 0.25) is 0 Å². The Morgan fingerprint density at radius 2 is 2.06 bits per heavy atom. The molecule has 6 heteroatoms. The van der Waals surface area contributed by atoms with Crippen molar-refractivity contribution in [3.63, 3.8) is 0 Å². The molecule has 0 atom stereocenters. The third-order valence-corrected chi connectivity index (χ3v) is 3.01. The predicted octanol–water partition coefficient (Wildman–Crippen LogP) is 2.61. The Morgan fingerprint density at radius 3 is 2.41 bits per heavy atom. The number of alkyl halides is 3. The summed E-state index contributed by atoms with van der Waals surface area (Å²) in [7, 11) is 0. The van der Waals surface area contributed by atoms with E-state index in [2.05, 4.69) is 4.98 Å². The van der Waals surface area contributed by atoms with E-state index in [4.69, 9.17) is 5.11 Å². The number of nitrogens with zero attached hydrogens (tertiary/aromatic N) is 1. The molecule has 0 aliphatic heterocycles. The number of carboxylic acid groups (broad SMARTS) is 1. The summed E-state index contributed by atoms with van der Waals surface area (Å²) >= 11 is 0. The Morgan fingerprint density at radius 1 is 1.41 bits per heavy atom. The average Bonchev–Trinajstić information content (AvgIpc) is 2.97. The van der Waals surface area contributed by atoms with Crippen molar-refractivity contribution in [2.45, 2.75) is 30.9 Å². The maximum atomic E-state index is 12.3. The van der Waals surface area contributed by atoms with E-state index in [9.17, 15) is 18.0 Å². The Hall–Kier alpha value is -1.59. The fraction of sp³-hybridized carbons (Fsp3) is 0.455. The highest BCUT2D eigenvalue weighted by molar-refractivity contribution is 5.70. The summed E-state index contributed by atoms with van der Waals surface area (Å²) in [5, 5.41) is 8.73. The third kappa shape index (κ3) is 2.40. The molecule has 0 bridgehead atoms. The Kier molecular flexibility index (Phi) is 2.60. The summed E-state index contributed by atoms with van der Waals surface area (Å²) in [6.07, 6.45) is -2.00. The molecular formula is C11H10F3NO2. The lowest BCUT2D eigenvalue weighted by molar-refractivity contribution is -0.141. The number of carboxylic acids is 1. The van der Waals surface area contributed by atoms with Crippen LogP contribution >= 0.6 is 0 Å². The van der Waals surface area contributed by atoms with Crippen molar-refractivity contribution in [2.24, 2.45) is 0 Å². The summed E-state index contributed by atoms with van der Waals surface area (Å²) < 4.78 is 36.9. The van der Waals surface area contributed by atoms with Crippen molar-refractivity contribution < 1.29 is 23.1 Å². The first-order valence-electron chi connectivity index (χ1n) is 5.09. The van der Waals surface area contributed by atoms with Gasteiger partial charge in [0.15, 0.2) is 0 Å².